The van der Waals surface area contributed by atoms with E-state index < -0.39 is 0 Å². The summed E-state index contributed by atoms with van der Waals surface area (Å²) in [7, 11) is 0. The van der Waals surface area contributed by atoms with Crippen LogP contribution in [0.3, 0.4) is 0 Å². The quantitative estimate of drug-likeness (QED) is 0.853. The van der Waals surface area contributed by atoms with Crippen molar-refractivity contribution in [2.45, 2.75) is 13.8 Å². The van der Waals surface area contributed by atoms with E-state index in [1.54, 1.807) is 4.90 Å². The summed E-state index contributed by atoms with van der Waals surface area (Å²) >= 11 is 7.44. The summed E-state index contributed by atoms with van der Waals surface area (Å²) in [6.07, 6.45) is 0. The van der Waals surface area contributed by atoms with E-state index in [-0.39, 0.29) is 6.03 Å². The maximum Gasteiger partial charge on any atom is 0.321 e. The molecular formula is C15H19ClN6OS. The molecule has 0 unspecified atom stereocenters. The SMILES string of the molecule is Cc1cc(NC(=O)N2CCN(c3nc(N)ns3)CC2)cc(C)c1Cl. The van der Waals surface area contributed by atoms with Crippen LogP contribution in [-0.4, -0.2) is 46.5 Å². The summed E-state index contributed by atoms with van der Waals surface area (Å²) in [5, 5.41) is 4.48. The Kier molecular flexibility index (Phi) is 4.77. The number of amides is 2. The van der Waals surface area contributed by atoms with Gasteiger partial charge in [-0.1, -0.05) is 11.6 Å². The summed E-state index contributed by atoms with van der Waals surface area (Å²) in [6, 6.07) is 3.66. The van der Waals surface area contributed by atoms with E-state index in [1.807, 2.05) is 26.0 Å². The van der Waals surface area contributed by atoms with Gasteiger partial charge in [-0.15, -0.1) is 0 Å². The number of aromatic nitrogens is 2. The molecule has 24 heavy (non-hydrogen) atoms. The van der Waals surface area contributed by atoms with E-state index in [4.69, 9.17) is 17.3 Å². The average Bonchev–Trinajstić information content (AvgIpc) is 2.99. The highest BCUT2D eigenvalue weighted by molar-refractivity contribution is 7.09. The molecule has 2 amide bonds. The topological polar surface area (TPSA) is 87.4 Å². The van der Waals surface area contributed by atoms with Crippen LogP contribution in [-0.2, 0) is 0 Å². The lowest BCUT2D eigenvalue weighted by Crippen LogP contribution is -2.50. The number of anilines is 3. The van der Waals surface area contributed by atoms with Gasteiger partial charge in [-0.3, -0.25) is 0 Å². The Morgan fingerprint density at radius 3 is 2.42 bits per heavy atom. The molecule has 7 nitrogen and oxygen atoms in total. The van der Waals surface area contributed by atoms with Crippen molar-refractivity contribution in [2.24, 2.45) is 0 Å². The highest BCUT2D eigenvalue weighted by atomic mass is 35.5. The number of carbonyl (C=O) groups excluding carboxylic acids is 1. The van der Waals surface area contributed by atoms with Gasteiger partial charge in [0.1, 0.15) is 0 Å². The number of piperazine rings is 1. The summed E-state index contributed by atoms with van der Waals surface area (Å²) in [5.74, 6) is 0.295. The molecule has 1 aromatic carbocycles. The van der Waals surface area contributed by atoms with Crippen LogP contribution in [0.25, 0.3) is 0 Å². The van der Waals surface area contributed by atoms with Crippen LogP contribution >= 0.6 is 23.1 Å². The number of nitrogen functional groups attached to an aromatic ring is 1. The van der Waals surface area contributed by atoms with Crippen LogP contribution in [0.2, 0.25) is 5.02 Å². The van der Waals surface area contributed by atoms with Gasteiger partial charge in [0.2, 0.25) is 11.1 Å². The van der Waals surface area contributed by atoms with Crippen LogP contribution in [0.4, 0.5) is 21.6 Å². The Balaban J connectivity index is 1.59. The lowest BCUT2D eigenvalue weighted by Gasteiger charge is -2.34. The van der Waals surface area contributed by atoms with Gasteiger partial charge in [-0.25, -0.2) is 4.79 Å². The van der Waals surface area contributed by atoms with E-state index in [0.29, 0.717) is 32.1 Å². The molecule has 1 fully saturated rings. The zero-order valence-corrected chi connectivity index (χ0v) is 15.1. The van der Waals surface area contributed by atoms with Crippen LogP contribution in [0, 0.1) is 13.8 Å². The minimum Gasteiger partial charge on any atom is -0.367 e. The number of rotatable bonds is 2. The fourth-order valence-electron chi connectivity index (χ4n) is 2.68. The summed E-state index contributed by atoms with van der Waals surface area (Å²) < 4.78 is 3.99. The smallest absolute Gasteiger partial charge is 0.321 e. The maximum absolute atomic E-state index is 12.4. The number of nitrogens with one attached hydrogen (secondary N) is 1. The summed E-state index contributed by atoms with van der Waals surface area (Å²) in [5.41, 5.74) is 8.22. The highest BCUT2D eigenvalue weighted by Gasteiger charge is 2.23. The summed E-state index contributed by atoms with van der Waals surface area (Å²) in [6.45, 7) is 6.52. The Hall–Kier alpha value is -2.06. The van der Waals surface area contributed by atoms with E-state index in [2.05, 4.69) is 19.6 Å². The first-order valence-corrected chi connectivity index (χ1v) is 8.76. The third kappa shape index (κ3) is 3.54. The van der Waals surface area contributed by atoms with Crippen molar-refractivity contribution in [3.05, 3.63) is 28.3 Å². The van der Waals surface area contributed by atoms with Crippen LogP contribution in [0.15, 0.2) is 12.1 Å². The minimum absolute atomic E-state index is 0.104. The second-order valence-corrected chi connectivity index (χ2v) is 6.87. The minimum atomic E-state index is -0.104. The molecule has 2 aromatic rings. The number of urea groups is 1. The number of hydrogen-bond acceptors (Lipinski definition) is 6. The number of hydrogen-bond donors (Lipinski definition) is 2. The molecule has 0 atom stereocenters. The normalized spacial score (nSPS) is 14.8. The maximum atomic E-state index is 12.4. The van der Waals surface area contributed by atoms with Gasteiger partial charge in [0, 0.05) is 48.4 Å². The fraction of sp³-hybridized carbons (Fsp3) is 0.400. The molecule has 128 valence electrons. The van der Waals surface area contributed by atoms with Crippen molar-refractivity contribution < 1.29 is 4.79 Å². The first-order valence-electron chi connectivity index (χ1n) is 7.61. The monoisotopic (exact) mass is 366 g/mol. The molecule has 0 radical (unpaired) electrons. The van der Waals surface area contributed by atoms with Crippen LogP contribution in [0.5, 0.6) is 0 Å². The van der Waals surface area contributed by atoms with Gasteiger partial charge in [0.15, 0.2) is 0 Å². The van der Waals surface area contributed by atoms with Crippen molar-refractivity contribution in [2.75, 3.05) is 42.1 Å². The molecule has 3 rings (SSSR count). The molecule has 1 aromatic heterocycles. The number of aryl methyl sites for hydroxylation is 2. The van der Waals surface area contributed by atoms with Gasteiger partial charge < -0.3 is 20.9 Å². The van der Waals surface area contributed by atoms with Crippen molar-refractivity contribution >= 4 is 45.9 Å². The van der Waals surface area contributed by atoms with E-state index in [9.17, 15) is 4.79 Å². The van der Waals surface area contributed by atoms with Gasteiger partial charge >= 0.3 is 6.03 Å². The average molecular weight is 367 g/mol. The molecule has 0 saturated carbocycles. The second-order valence-electron chi connectivity index (χ2n) is 5.76. The van der Waals surface area contributed by atoms with Crippen LogP contribution < -0.4 is 16.0 Å². The molecule has 0 spiro atoms. The zero-order chi connectivity index (χ0) is 17.3. The highest BCUT2D eigenvalue weighted by Crippen LogP contribution is 2.25. The number of halogens is 1. The van der Waals surface area contributed by atoms with Crippen LogP contribution in [0.1, 0.15) is 11.1 Å². The molecule has 0 bridgehead atoms. The lowest BCUT2D eigenvalue weighted by atomic mass is 10.1. The fourth-order valence-corrected chi connectivity index (χ4v) is 3.43. The molecule has 3 N–H and O–H groups in total. The van der Waals surface area contributed by atoms with E-state index in [0.717, 1.165) is 27.0 Å². The van der Waals surface area contributed by atoms with E-state index in [1.165, 1.54) is 11.5 Å². The third-order valence-electron chi connectivity index (χ3n) is 3.96. The van der Waals surface area contributed by atoms with Gasteiger partial charge in [0.25, 0.3) is 0 Å². The molecule has 1 aliphatic rings. The Morgan fingerprint density at radius 2 is 1.88 bits per heavy atom. The number of nitrogens with zero attached hydrogens (tertiary/aromatic N) is 4. The summed E-state index contributed by atoms with van der Waals surface area (Å²) in [4.78, 5) is 20.5. The zero-order valence-electron chi connectivity index (χ0n) is 13.5. The predicted molar refractivity (Wildman–Crippen MR) is 98.1 cm³/mol. The number of carbonyl (C=O) groups is 1. The Labute approximate surface area is 149 Å². The van der Waals surface area contributed by atoms with Crippen molar-refractivity contribution in [3.63, 3.8) is 0 Å². The van der Waals surface area contributed by atoms with Crippen molar-refractivity contribution in [1.29, 1.82) is 0 Å². The van der Waals surface area contributed by atoms with Gasteiger partial charge in [-0.05, 0) is 37.1 Å². The van der Waals surface area contributed by atoms with Crippen molar-refractivity contribution in [1.82, 2.24) is 14.3 Å². The largest absolute Gasteiger partial charge is 0.367 e. The number of nitrogens with two attached hydrogens (primary N) is 1. The molecule has 9 heteroatoms. The van der Waals surface area contributed by atoms with E-state index >= 15 is 0 Å². The second kappa shape index (κ2) is 6.82. The van der Waals surface area contributed by atoms with Gasteiger partial charge in [-0.2, -0.15) is 9.36 Å². The van der Waals surface area contributed by atoms with Gasteiger partial charge in [0.05, 0.1) is 0 Å². The van der Waals surface area contributed by atoms with Crippen molar-refractivity contribution in [3.8, 4) is 0 Å². The predicted octanol–water partition coefficient (Wildman–Crippen LogP) is 2.74. The Bertz CT molecular complexity index is 733. The molecule has 2 heterocycles. The third-order valence-corrected chi connectivity index (χ3v) is 5.34. The molecule has 0 aliphatic carbocycles. The molecule has 1 saturated heterocycles. The standard InChI is InChI=1S/C15H19ClN6OS/c1-9-7-11(8-10(2)12(9)16)18-14(23)21-3-5-22(6-4-21)15-19-13(17)20-24-15/h7-8H,3-6H2,1-2H3,(H2,17,20)(H,18,23). The molecule has 1 aliphatic heterocycles. The number of benzene rings is 1. The first-order chi connectivity index (χ1) is 11.4. The lowest BCUT2D eigenvalue weighted by molar-refractivity contribution is 0.208. The first kappa shape index (κ1) is 16.8. The molecular weight excluding hydrogens is 348 g/mol. The Morgan fingerprint density at radius 1 is 1.25 bits per heavy atom.